The Morgan fingerprint density at radius 3 is 2.20 bits per heavy atom. The van der Waals surface area contributed by atoms with Crippen molar-refractivity contribution in [1.29, 1.82) is 0 Å². The van der Waals surface area contributed by atoms with Gasteiger partial charge in [-0.2, -0.15) is 0 Å². The maximum Gasteiger partial charge on any atom is 0.126 e. The molecule has 15 heavy (non-hydrogen) atoms. The van der Waals surface area contributed by atoms with Crippen LogP contribution in [0.15, 0.2) is 18.2 Å². The third-order valence-electron chi connectivity index (χ3n) is 2.68. The molecule has 0 fully saturated rings. The molecule has 0 amide bonds. The summed E-state index contributed by atoms with van der Waals surface area (Å²) in [7, 11) is 0. The van der Waals surface area contributed by atoms with Crippen LogP contribution >= 0.6 is 0 Å². The number of halogens is 2. The Bertz CT molecular complexity index is 305. The first-order valence-corrected chi connectivity index (χ1v) is 5.23. The van der Waals surface area contributed by atoms with Crippen molar-refractivity contribution in [1.82, 2.24) is 0 Å². The molecule has 3 heteroatoms. The van der Waals surface area contributed by atoms with Crippen LogP contribution in [-0.4, -0.2) is 6.04 Å². The van der Waals surface area contributed by atoms with Gasteiger partial charge in [0.1, 0.15) is 11.6 Å². The van der Waals surface area contributed by atoms with Crippen molar-refractivity contribution < 1.29 is 8.78 Å². The molecule has 0 aromatic heterocycles. The van der Waals surface area contributed by atoms with Crippen molar-refractivity contribution in [3.05, 3.63) is 35.4 Å². The molecular formula is C12H17F2N. The summed E-state index contributed by atoms with van der Waals surface area (Å²) in [6.45, 7) is 4.00. The van der Waals surface area contributed by atoms with Crippen molar-refractivity contribution in [3.63, 3.8) is 0 Å². The van der Waals surface area contributed by atoms with E-state index in [4.69, 9.17) is 5.73 Å². The monoisotopic (exact) mass is 213 g/mol. The van der Waals surface area contributed by atoms with Gasteiger partial charge >= 0.3 is 0 Å². The van der Waals surface area contributed by atoms with Crippen molar-refractivity contribution in [2.75, 3.05) is 0 Å². The zero-order valence-electron chi connectivity index (χ0n) is 9.13. The Kier molecular flexibility index (Phi) is 4.21. The minimum absolute atomic E-state index is 0.0799. The lowest BCUT2D eigenvalue weighted by atomic mass is 9.93. The van der Waals surface area contributed by atoms with E-state index in [9.17, 15) is 8.78 Å². The Balaban J connectivity index is 2.72. The van der Waals surface area contributed by atoms with Gasteiger partial charge in [-0.1, -0.05) is 13.8 Å². The van der Waals surface area contributed by atoms with Gasteiger partial charge in [-0.05, 0) is 36.5 Å². The van der Waals surface area contributed by atoms with E-state index in [1.165, 1.54) is 12.1 Å². The van der Waals surface area contributed by atoms with Gasteiger partial charge in [0.05, 0.1) is 0 Å². The molecule has 1 aromatic rings. The van der Waals surface area contributed by atoms with Crippen LogP contribution in [0.4, 0.5) is 8.78 Å². The van der Waals surface area contributed by atoms with Crippen molar-refractivity contribution in [2.45, 2.75) is 32.7 Å². The number of hydrogen-bond donors (Lipinski definition) is 1. The lowest BCUT2D eigenvalue weighted by Gasteiger charge is -2.18. The van der Waals surface area contributed by atoms with Crippen LogP contribution in [0.5, 0.6) is 0 Å². The summed E-state index contributed by atoms with van der Waals surface area (Å²) in [6.07, 6.45) is 1.49. The Morgan fingerprint density at radius 1 is 1.20 bits per heavy atom. The van der Waals surface area contributed by atoms with Crippen LogP contribution in [0.25, 0.3) is 0 Å². The molecule has 0 saturated heterocycles. The topological polar surface area (TPSA) is 26.0 Å². The largest absolute Gasteiger partial charge is 0.327 e. The number of hydrogen-bond acceptors (Lipinski definition) is 1. The molecule has 0 heterocycles. The highest BCUT2D eigenvalue weighted by Crippen LogP contribution is 2.15. The lowest BCUT2D eigenvalue weighted by Crippen LogP contribution is -2.28. The van der Waals surface area contributed by atoms with E-state index in [1.807, 2.05) is 13.8 Å². The van der Waals surface area contributed by atoms with Gasteiger partial charge in [0.15, 0.2) is 0 Å². The van der Waals surface area contributed by atoms with E-state index in [0.29, 0.717) is 12.0 Å². The van der Waals surface area contributed by atoms with Gasteiger partial charge < -0.3 is 5.73 Å². The molecule has 0 aliphatic rings. The molecule has 2 atom stereocenters. The summed E-state index contributed by atoms with van der Waals surface area (Å²) in [6, 6.07) is 3.69. The van der Waals surface area contributed by atoms with E-state index in [1.54, 1.807) is 0 Å². The second-order valence-electron chi connectivity index (χ2n) is 4.03. The molecule has 0 radical (unpaired) electrons. The third-order valence-corrected chi connectivity index (χ3v) is 2.68. The molecule has 0 aliphatic carbocycles. The zero-order valence-corrected chi connectivity index (χ0v) is 9.13. The van der Waals surface area contributed by atoms with Gasteiger partial charge in [0, 0.05) is 12.1 Å². The summed E-state index contributed by atoms with van der Waals surface area (Å²) < 4.78 is 25.8. The van der Waals surface area contributed by atoms with Crippen LogP contribution in [0, 0.1) is 17.6 Å². The third kappa shape index (κ3) is 3.59. The second-order valence-corrected chi connectivity index (χ2v) is 4.03. The summed E-state index contributed by atoms with van der Waals surface area (Å²) in [5.74, 6) is -0.819. The Hall–Kier alpha value is -0.960. The van der Waals surface area contributed by atoms with Gasteiger partial charge in [-0.25, -0.2) is 8.78 Å². The van der Waals surface area contributed by atoms with Gasteiger partial charge in [0.25, 0.3) is 0 Å². The van der Waals surface area contributed by atoms with Crippen molar-refractivity contribution >= 4 is 0 Å². The molecule has 1 rings (SSSR count). The molecule has 84 valence electrons. The number of nitrogens with two attached hydrogens (primary N) is 1. The minimum atomic E-state index is -0.526. The highest BCUT2D eigenvalue weighted by Gasteiger charge is 2.12. The molecular weight excluding hydrogens is 196 g/mol. The maximum atomic E-state index is 12.9. The summed E-state index contributed by atoms with van der Waals surface area (Å²) in [5, 5.41) is 0. The van der Waals surface area contributed by atoms with Crippen LogP contribution in [-0.2, 0) is 6.42 Å². The standard InChI is InChI=1S/C12H17F2N/c1-3-12(15)8(2)4-9-5-10(13)7-11(14)6-9/h5-8,12H,3-4,15H2,1-2H3. The van der Waals surface area contributed by atoms with Crippen LogP contribution < -0.4 is 5.73 Å². The first kappa shape index (κ1) is 12.1. The molecule has 1 aromatic carbocycles. The number of rotatable bonds is 4. The summed E-state index contributed by atoms with van der Waals surface area (Å²) in [5.41, 5.74) is 6.52. The van der Waals surface area contributed by atoms with Crippen LogP contribution in [0.1, 0.15) is 25.8 Å². The van der Waals surface area contributed by atoms with E-state index >= 15 is 0 Å². The lowest BCUT2D eigenvalue weighted by molar-refractivity contribution is 0.440. The zero-order chi connectivity index (χ0) is 11.4. The Morgan fingerprint density at radius 2 is 1.73 bits per heavy atom. The molecule has 1 nitrogen and oxygen atoms in total. The van der Waals surface area contributed by atoms with Crippen molar-refractivity contribution in [2.24, 2.45) is 11.7 Å². The van der Waals surface area contributed by atoms with E-state index in [2.05, 4.69) is 0 Å². The molecule has 0 bridgehead atoms. The maximum absolute atomic E-state index is 12.9. The highest BCUT2D eigenvalue weighted by molar-refractivity contribution is 5.18. The smallest absolute Gasteiger partial charge is 0.126 e. The fraction of sp³-hybridized carbons (Fsp3) is 0.500. The fourth-order valence-electron chi connectivity index (χ4n) is 1.65. The molecule has 2 N–H and O–H groups in total. The average Bonchev–Trinajstić information content (AvgIpc) is 2.14. The quantitative estimate of drug-likeness (QED) is 0.817. The second kappa shape index (κ2) is 5.21. The normalized spacial score (nSPS) is 15.0. The molecule has 0 spiro atoms. The van der Waals surface area contributed by atoms with E-state index in [0.717, 1.165) is 12.5 Å². The molecule has 0 aliphatic heterocycles. The van der Waals surface area contributed by atoms with Gasteiger partial charge in [-0.3, -0.25) is 0 Å². The highest BCUT2D eigenvalue weighted by atomic mass is 19.1. The first-order chi connectivity index (χ1) is 7.02. The van der Waals surface area contributed by atoms with E-state index in [-0.39, 0.29) is 12.0 Å². The SMILES string of the molecule is CCC(N)C(C)Cc1cc(F)cc(F)c1. The van der Waals surface area contributed by atoms with Crippen LogP contribution in [0.2, 0.25) is 0 Å². The summed E-state index contributed by atoms with van der Waals surface area (Å²) >= 11 is 0. The Labute approximate surface area is 89.3 Å². The predicted molar refractivity (Wildman–Crippen MR) is 57.5 cm³/mol. The fourth-order valence-corrected chi connectivity index (χ4v) is 1.65. The molecule has 0 saturated carbocycles. The van der Waals surface area contributed by atoms with Gasteiger partial charge in [0.2, 0.25) is 0 Å². The van der Waals surface area contributed by atoms with Crippen LogP contribution in [0.3, 0.4) is 0 Å². The van der Waals surface area contributed by atoms with Gasteiger partial charge in [-0.15, -0.1) is 0 Å². The van der Waals surface area contributed by atoms with Crippen molar-refractivity contribution in [3.8, 4) is 0 Å². The average molecular weight is 213 g/mol. The van der Waals surface area contributed by atoms with E-state index < -0.39 is 11.6 Å². The number of benzene rings is 1. The minimum Gasteiger partial charge on any atom is -0.327 e. The first-order valence-electron chi connectivity index (χ1n) is 5.23. The molecule has 2 unspecified atom stereocenters. The summed E-state index contributed by atoms with van der Waals surface area (Å²) in [4.78, 5) is 0. The predicted octanol–water partition coefficient (Wildman–Crippen LogP) is 2.88.